The molecule has 1 aromatic carbocycles. The molecule has 0 aliphatic carbocycles. The van der Waals surface area contributed by atoms with Crippen molar-refractivity contribution in [3.8, 4) is 5.88 Å². The summed E-state index contributed by atoms with van der Waals surface area (Å²) in [6, 6.07) is 8.59. The van der Waals surface area contributed by atoms with Gasteiger partial charge < -0.3 is 19.3 Å². The summed E-state index contributed by atoms with van der Waals surface area (Å²) in [5.41, 5.74) is 0.872. The van der Waals surface area contributed by atoms with Crippen molar-refractivity contribution in [1.29, 1.82) is 0 Å². The Morgan fingerprint density at radius 3 is 2.35 bits per heavy atom. The monoisotopic (exact) mass is 474 g/mol. The molecule has 34 heavy (non-hydrogen) atoms. The standard InChI is InChI=1S/C24H25F3N4O3/c25-24(26,27)20-4-2-1-3-19(20)23(32)31-13-17-11-30(12-18(17)14-31)21-5-6-22(29-28-21)34-15-16-7-9-33-10-8-16/h1-6,16H,7-15H2. The van der Waals surface area contributed by atoms with Gasteiger partial charge in [-0.05, 0) is 48.1 Å². The number of anilines is 1. The van der Waals surface area contributed by atoms with Crippen molar-refractivity contribution < 1.29 is 27.4 Å². The number of hydrogen-bond donors (Lipinski definition) is 0. The first-order chi connectivity index (χ1) is 16.4. The summed E-state index contributed by atoms with van der Waals surface area (Å²) in [6.45, 7) is 3.89. The molecule has 180 valence electrons. The second-order valence-corrected chi connectivity index (χ2v) is 8.86. The van der Waals surface area contributed by atoms with Crippen molar-refractivity contribution in [1.82, 2.24) is 15.1 Å². The van der Waals surface area contributed by atoms with Crippen LogP contribution in [-0.2, 0) is 10.9 Å². The van der Waals surface area contributed by atoms with Gasteiger partial charge in [-0.3, -0.25) is 4.79 Å². The molecular formula is C24H25F3N4O3. The van der Waals surface area contributed by atoms with Crippen LogP contribution in [0.5, 0.6) is 5.88 Å². The third kappa shape index (κ3) is 4.72. The number of amides is 1. The Balaban J connectivity index is 1.16. The molecule has 0 unspecified atom stereocenters. The highest BCUT2D eigenvalue weighted by molar-refractivity contribution is 5.96. The molecule has 4 heterocycles. The van der Waals surface area contributed by atoms with Crippen molar-refractivity contribution in [2.24, 2.45) is 5.92 Å². The van der Waals surface area contributed by atoms with E-state index in [1.54, 1.807) is 6.07 Å². The Hall–Kier alpha value is -3.14. The molecule has 0 bridgehead atoms. The number of aromatic nitrogens is 2. The fourth-order valence-electron chi connectivity index (χ4n) is 4.65. The quantitative estimate of drug-likeness (QED) is 0.618. The largest absolute Gasteiger partial charge is 0.476 e. The smallest absolute Gasteiger partial charge is 0.417 e. The zero-order valence-corrected chi connectivity index (χ0v) is 18.6. The van der Waals surface area contributed by atoms with Crippen LogP contribution in [0.2, 0.25) is 0 Å². The van der Waals surface area contributed by atoms with Gasteiger partial charge in [-0.2, -0.15) is 13.2 Å². The number of ether oxygens (including phenoxy) is 2. The average Bonchev–Trinajstić information content (AvgIpc) is 3.42. The van der Waals surface area contributed by atoms with Crippen LogP contribution in [-0.4, -0.2) is 67.0 Å². The molecule has 7 nitrogen and oxygen atoms in total. The predicted molar refractivity (Wildman–Crippen MR) is 118 cm³/mol. The maximum Gasteiger partial charge on any atom is 0.417 e. The van der Waals surface area contributed by atoms with E-state index < -0.39 is 17.6 Å². The van der Waals surface area contributed by atoms with Crippen molar-refractivity contribution >= 4 is 11.7 Å². The first kappa shape index (κ1) is 22.6. The van der Waals surface area contributed by atoms with E-state index in [9.17, 15) is 18.0 Å². The number of carbonyl (C=O) groups excluding carboxylic acids is 1. The lowest BCUT2D eigenvalue weighted by molar-refractivity contribution is -0.138. The fraction of sp³-hybridized carbons (Fsp3) is 0.458. The molecule has 0 N–H and O–H groups in total. The number of benzene rings is 1. The molecule has 1 amide bonds. The molecule has 1 fully saturated rings. The number of halogens is 3. The van der Waals surface area contributed by atoms with Crippen LogP contribution < -0.4 is 9.64 Å². The number of nitrogens with zero attached hydrogens (tertiary/aromatic N) is 4. The molecule has 0 radical (unpaired) electrons. The summed E-state index contributed by atoms with van der Waals surface area (Å²) in [5, 5.41) is 8.47. The summed E-state index contributed by atoms with van der Waals surface area (Å²) in [4.78, 5) is 16.4. The maximum atomic E-state index is 13.3. The predicted octanol–water partition coefficient (Wildman–Crippen LogP) is 3.57. The molecule has 1 aromatic heterocycles. The van der Waals surface area contributed by atoms with Gasteiger partial charge in [-0.25, -0.2) is 0 Å². The van der Waals surface area contributed by atoms with Crippen LogP contribution >= 0.6 is 0 Å². The molecule has 1 saturated heterocycles. The summed E-state index contributed by atoms with van der Waals surface area (Å²) in [5.74, 6) is 1.05. The molecule has 0 spiro atoms. The van der Waals surface area contributed by atoms with Crippen LogP contribution in [0.4, 0.5) is 19.0 Å². The van der Waals surface area contributed by atoms with Gasteiger partial charge >= 0.3 is 6.18 Å². The van der Waals surface area contributed by atoms with Gasteiger partial charge in [0.1, 0.15) is 0 Å². The lowest BCUT2D eigenvalue weighted by atomic mass is 10.0. The van der Waals surface area contributed by atoms with Gasteiger partial charge in [0.05, 0.1) is 17.7 Å². The van der Waals surface area contributed by atoms with Gasteiger partial charge in [-0.1, -0.05) is 12.1 Å². The van der Waals surface area contributed by atoms with E-state index in [-0.39, 0.29) is 5.56 Å². The summed E-state index contributed by atoms with van der Waals surface area (Å²) < 4.78 is 51.1. The number of alkyl halides is 3. The molecule has 2 aromatic rings. The molecule has 0 saturated carbocycles. The minimum absolute atomic E-state index is 0.310. The van der Waals surface area contributed by atoms with Crippen LogP contribution in [0, 0.1) is 5.92 Å². The van der Waals surface area contributed by atoms with E-state index >= 15 is 0 Å². The Bertz CT molecular complexity index is 1060. The van der Waals surface area contributed by atoms with Crippen molar-refractivity contribution in [3.63, 3.8) is 0 Å². The SMILES string of the molecule is O=C(c1ccccc1C(F)(F)F)N1CC2=C(C1)CN(c1ccc(OCC3CCOCC3)nn1)C2. The Morgan fingerprint density at radius 2 is 1.71 bits per heavy atom. The highest BCUT2D eigenvalue weighted by atomic mass is 19.4. The fourth-order valence-corrected chi connectivity index (χ4v) is 4.65. The average molecular weight is 474 g/mol. The van der Waals surface area contributed by atoms with Gasteiger partial charge in [0.15, 0.2) is 5.82 Å². The third-order valence-electron chi connectivity index (χ3n) is 6.53. The van der Waals surface area contributed by atoms with E-state index in [0.29, 0.717) is 50.4 Å². The van der Waals surface area contributed by atoms with Crippen molar-refractivity contribution in [2.45, 2.75) is 19.0 Å². The summed E-state index contributed by atoms with van der Waals surface area (Å²) in [7, 11) is 0. The lowest BCUT2D eigenvalue weighted by Gasteiger charge is -2.24. The Morgan fingerprint density at radius 1 is 1.00 bits per heavy atom. The highest BCUT2D eigenvalue weighted by Crippen LogP contribution is 2.34. The second kappa shape index (κ2) is 9.25. The van der Waals surface area contributed by atoms with E-state index in [0.717, 1.165) is 43.3 Å². The number of hydrogen-bond acceptors (Lipinski definition) is 6. The molecule has 3 aliphatic rings. The third-order valence-corrected chi connectivity index (χ3v) is 6.53. The molecule has 0 atom stereocenters. The second-order valence-electron chi connectivity index (χ2n) is 8.86. The topological polar surface area (TPSA) is 67.8 Å². The molecular weight excluding hydrogens is 449 g/mol. The maximum absolute atomic E-state index is 13.3. The van der Waals surface area contributed by atoms with Crippen LogP contribution in [0.25, 0.3) is 0 Å². The first-order valence-electron chi connectivity index (χ1n) is 11.3. The van der Waals surface area contributed by atoms with Crippen LogP contribution in [0.3, 0.4) is 0 Å². The molecule has 10 heteroatoms. The van der Waals surface area contributed by atoms with Gasteiger partial charge in [0.2, 0.25) is 5.88 Å². The minimum Gasteiger partial charge on any atom is -0.476 e. The highest BCUT2D eigenvalue weighted by Gasteiger charge is 2.38. The van der Waals surface area contributed by atoms with E-state index in [2.05, 4.69) is 10.2 Å². The Kier molecular flexibility index (Phi) is 6.16. The van der Waals surface area contributed by atoms with Gasteiger partial charge in [-0.15, -0.1) is 10.2 Å². The Labute approximate surface area is 195 Å². The van der Waals surface area contributed by atoms with Crippen LogP contribution in [0.15, 0.2) is 47.5 Å². The number of carbonyl (C=O) groups is 1. The van der Waals surface area contributed by atoms with Gasteiger partial charge in [0.25, 0.3) is 5.91 Å². The zero-order valence-electron chi connectivity index (χ0n) is 18.6. The van der Waals surface area contributed by atoms with E-state index in [4.69, 9.17) is 9.47 Å². The first-order valence-corrected chi connectivity index (χ1v) is 11.3. The number of rotatable bonds is 5. The minimum atomic E-state index is -4.57. The molecule has 5 rings (SSSR count). The van der Waals surface area contributed by atoms with Crippen molar-refractivity contribution in [2.75, 3.05) is 50.9 Å². The van der Waals surface area contributed by atoms with Crippen molar-refractivity contribution in [3.05, 3.63) is 58.7 Å². The van der Waals surface area contributed by atoms with Crippen LogP contribution in [0.1, 0.15) is 28.8 Å². The normalized spacial score (nSPS) is 19.0. The van der Waals surface area contributed by atoms with Gasteiger partial charge in [0, 0.05) is 45.5 Å². The summed E-state index contributed by atoms with van der Waals surface area (Å²) >= 11 is 0. The van der Waals surface area contributed by atoms with E-state index in [1.165, 1.54) is 23.1 Å². The summed E-state index contributed by atoms with van der Waals surface area (Å²) in [6.07, 6.45) is -2.60. The van der Waals surface area contributed by atoms with E-state index in [1.807, 2.05) is 11.0 Å². The zero-order chi connectivity index (χ0) is 23.7. The lowest BCUT2D eigenvalue weighted by Crippen LogP contribution is -2.35. The molecule has 3 aliphatic heterocycles.